The van der Waals surface area contributed by atoms with Gasteiger partial charge in [-0.1, -0.05) is 17.7 Å². The van der Waals surface area contributed by atoms with Gasteiger partial charge in [0.15, 0.2) is 0 Å². The molecule has 0 fully saturated rings. The number of ether oxygens (including phenoxy) is 1. The highest BCUT2D eigenvalue weighted by molar-refractivity contribution is 6.30. The van der Waals surface area contributed by atoms with Crippen LogP contribution in [0.5, 0.6) is 5.75 Å². The number of benzene rings is 1. The Morgan fingerprint density at radius 1 is 1.37 bits per heavy atom. The Labute approximate surface area is 118 Å². The summed E-state index contributed by atoms with van der Waals surface area (Å²) >= 11 is 6.04. The van der Waals surface area contributed by atoms with Crippen LogP contribution in [0.15, 0.2) is 42.7 Å². The Balaban J connectivity index is 2.20. The number of pyridine rings is 1. The second kappa shape index (κ2) is 6.55. The van der Waals surface area contributed by atoms with Gasteiger partial charge in [-0.25, -0.2) is 0 Å². The summed E-state index contributed by atoms with van der Waals surface area (Å²) in [7, 11) is 0. The molecule has 2 N–H and O–H groups in total. The minimum atomic E-state index is -0.119. The number of nitrogens with two attached hydrogens (primary N) is 1. The molecule has 0 aliphatic carbocycles. The average Bonchev–Trinajstić information content (AvgIpc) is 2.43. The molecule has 2 rings (SSSR count). The highest BCUT2D eigenvalue weighted by Gasteiger charge is 2.11. The van der Waals surface area contributed by atoms with E-state index in [0.29, 0.717) is 18.1 Å². The first-order valence-electron chi connectivity index (χ1n) is 6.27. The third-order valence-electron chi connectivity index (χ3n) is 2.87. The molecule has 19 heavy (non-hydrogen) atoms. The fourth-order valence-electron chi connectivity index (χ4n) is 1.95. The molecule has 0 saturated heterocycles. The van der Waals surface area contributed by atoms with Gasteiger partial charge in [0, 0.05) is 23.5 Å². The van der Waals surface area contributed by atoms with Crippen molar-refractivity contribution in [3.05, 3.63) is 58.9 Å². The lowest BCUT2D eigenvalue weighted by molar-refractivity contribution is 0.335. The first-order chi connectivity index (χ1) is 9.20. The van der Waals surface area contributed by atoms with E-state index in [1.807, 2.05) is 37.3 Å². The van der Waals surface area contributed by atoms with Crippen molar-refractivity contribution >= 4 is 11.6 Å². The Hall–Kier alpha value is -1.58. The van der Waals surface area contributed by atoms with Crippen LogP contribution < -0.4 is 10.5 Å². The lowest BCUT2D eigenvalue weighted by atomic mass is 10.0. The van der Waals surface area contributed by atoms with Crippen LogP contribution in [-0.4, -0.2) is 11.6 Å². The monoisotopic (exact) mass is 276 g/mol. The first kappa shape index (κ1) is 13.8. The zero-order chi connectivity index (χ0) is 13.7. The van der Waals surface area contributed by atoms with E-state index in [9.17, 15) is 0 Å². The molecule has 0 amide bonds. The van der Waals surface area contributed by atoms with E-state index >= 15 is 0 Å². The predicted octanol–water partition coefficient (Wildman–Crippen LogP) is 3.38. The molecule has 3 nitrogen and oxygen atoms in total. The van der Waals surface area contributed by atoms with Crippen LogP contribution in [0.2, 0.25) is 5.02 Å². The summed E-state index contributed by atoms with van der Waals surface area (Å²) in [5, 5.41) is 0.692. The van der Waals surface area contributed by atoms with Gasteiger partial charge in [-0.3, -0.25) is 4.98 Å². The summed E-state index contributed by atoms with van der Waals surface area (Å²) in [6.45, 7) is 2.58. The molecule has 1 atom stereocenters. The summed E-state index contributed by atoms with van der Waals surface area (Å²) in [5.74, 6) is 0.839. The molecule has 0 aliphatic heterocycles. The van der Waals surface area contributed by atoms with E-state index in [1.54, 1.807) is 12.4 Å². The van der Waals surface area contributed by atoms with Gasteiger partial charge in [-0.05, 0) is 48.7 Å². The predicted molar refractivity (Wildman–Crippen MR) is 77.5 cm³/mol. The average molecular weight is 277 g/mol. The highest BCUT2D eigenvalue weighted by Crippen LogP contribution is 2.27. The fourth-order valence-corrected chi connectivity index (χ4v) is 2.15. The molecule has 0 aliphatic rings. The van der Waals surface area contributed by atoms with Crippen LogP contribution in [-0.2, 0) is 6.42 Å². The molecule has 0 radical (unpaired) electrons. The van der Waals surface area contributed by atoms with E-state index < -0.39 is 0 Å². The third-order valence-corrected chi connectivity index (χ3v) is 3.11. The van der Waals surface area contributed by atoms with Crippen LogP contribution in [0.1, 0.15) is 24.1 Å². The van der Waals surface area contributed by atoms with Crippen molar-refractivity contribution in [1.82, 2.24) is 4.98 Å². The molecule has 4 heteroatoms. The molecule has 1 aromatic heterocycles. The number of nitrogens with zero attached hydrogens (tertiary/aromatic N) is 1. The number of rotatable bonds is 5. The molecule has 0 spiro atoms. The van der Waals surface area contributed by atoms with E-state index in [1.165, 1.54) is 0 Å². The largest absolute Gasteiger partial charge is 0.494 e. The van der Waals surface area contributed by atoms with Gasteiger partial charge in [-0.15, -0.1) is 0 Å². The Bertz CT molecular complexity index is 531. The summed E-state index contributed by atoms with van der Waals surface area (Å²) in [4.78, 5) is 4.09. The van der Waals surface area contributed by atoms with Gasteiger partial charge in [-0.2, -0.15) is 0 Å². The maximum Gasteiger partial charge on any atom is 0.122 e. The SMILES string of the molecule is CCOc1ccc(Cl)cc1CC(N)c1cccnc1. The van der Waals surface area contributed by atoms with E-state index in [-0.39, 0.29) is 6.04 Å². The van der Waals surface area contributed by atoms with Crippen LogP contribution in [0.4, 0.5) is 0 Å². The summed E-state index contributed by atoms with van der Waals surface area (Å²) in [5.41, 5.74) is 8.23. The molecule has 0 saturated carbocycles. The Morgan fingerprint density at radius 3 is 2.89 bits per heavy atom. The Morgan fingerprint density at radius 2 is 2.21 bits per heavy atom. The molecule has 0 bridgehead atoms. The maximum atomic E-state index is 6.20. The second-order valence-electron chi connectivity index (χ2n) is 4.28. The van der Waals surface area contributed by atoms with E-state index in [2.05, 4.69) is 4.98 Å². The molecular formula is C15H17ClN2O. The highest BCUT2D eigenvalue weighted by atomic mass is 35.5. The zero-order valence-corrected chi connectivity index (χ0v) is 11.6. The zero-order valence-electron chi connectivity index (χ0n) is 10.8. The van der Waals surface area contributed by atoms with Crippen LogP contribution in [0.25, 0.3) is 0 Å². The van der Waals surface area contributed by atoms with Crippen LogP contribution in [0.3, 0.4) is 0 Å². The smallest absolute Gasteiger partial charge is 0.122 e. The standard InChI is InChI=1S/C15H17ClN2O/c1-2-19-15-6-5-13(16)8-12(15)9-14(17)11-4-3-7-18-10-11/h3-8,10,14H,2,9,17H2,1H3. The lowest BCUT2D eigenvalue weighted by Crippen LogP contribution is -2.14. The number of aromatic nitrogens is 1. The second-order valence-corrected chi connectivity index (χ2v) is 4.72. The van der Waals surface area contributed by atoms with Gasteiger partial charge in [0.2, 0.25) is 0 Å². The molecule has 1 heterocycles. The summed E-state index contributed by atoms with van der Waals surface area (Å²) < 4.78 is 5.60. The fraction of sp³-hybridized carbons (Fsp3) is 0.267. The van der Waals surface area contributed by atoms with Crippen molar-refractivity contribution in [2.75, 3.05) is 6.61 Å². The third kappa shape index (κ3) is 3.69. The van der Waals surface area contributed by atoms with Crippen LogP contribution in [0, 0.1) is 0 Å². The van der Waals surface area contributed by atoms with E-state index in [4.69, 9.17) is 22.1 Å². The van der Waals surface area contributed by atoms with Crippen LogP contribution >= 0.6 is 11.6 Å². The number of hydrogen-bond acceptors (Lipinski definition) is 3. The minimum Gasteiger partial charge on any atom is -0.494 e. The van der Waals surface area contributed by atoms with Gasteiger partial charge in [0.05, 0.1) is 6.61 Å². The normalized spacial score (nSPS) is 12.2. The summed E-state index contributed by atoms with van der Waals surface area (Å²) in [6.07, 6.45) is 4.19. The van der Waals surface area contributed by atoms with Crippen molar-refractivity contribution in [3.63, 3.8) is 0 Å². The quantitative estimate of drug-likeness (QED) is 0.911. The molecule has 1 aromatic carbocycles. The molecular weight excluding hydrogens is 260 g/mol. The molecule has 100 valence electrons. The van der Waals surface area contributed by atoms with Crippen molar-refractivity contribution in [1.29, 1.82) is 0 Å². The first-order valence-corrected chi connectivity index (χ1v) is 6.65. The summed E-state index contributed by atoms with van der Waals surface area (Å²) in [6, 6.07) is 9.36. The number of halogens is 1. The number of hydrogen-bond donors (Lipinski definition) is 1. The van der Waals surface area contributed by atoms with Crippen molar-refractivity contribution < 1.29 is 4.74 Å². The maximum absolute atomic E-state index is 6.20. The van der Waals surface area contributed by atoms with Crippen molar-refractivity contribution in [2.45, 2.75) is 19.4 Å². The molecule has 1 unspecified atom stereocenters. The van der Waals surface area contributed by atoms with Gasteiger partial charge >= 0.3 is 0 Å². The topological polar surface area (TPSA) is 48.1 Å². The Kier molecular flexibility index (Phi) is 4.77. The molecule has 2 aromatic rings. The van der Waals surface area contributed by atoms with Gasteiger partial charge in [0.1, 0.15) is 5.75 Å². The lowest BCUT2D eigenvalue weighted by Gasteiger charge is -2.15. The minimum absolute atomic E-state index is 0.119. The van der Waals surface area contributed by atoms with Crippen molar-refractivity contribution in [2.24, 2.45) is 5.73 Å². The van der Waals surface area contributed by atoms with Gasteiger partial charge < -0.3 is 10.5 Å². The van der Waals surface area contributed by atoms with E-state index in [0.717, 1.165) is 16.9 Å². The van der Waals surface area contributed by atoms with Crippen molar-refractivity contribution in [3.8, 4) is 5.75 Å². The van der Waals surface area contributed by atoms with Gasteiger partial charge in [0.25, 0.3) is 0 Å².